The Morgan fingerprint density at radius 1 is 1.16 bits per heavy atom. The van der Waals surface area contributed by atoms with Crippen molar-refractivity contribution in [2.24, 2.45) is 0 Å². The summed E-state index contributed by atoms with van der Waals surface area (Å²) in [6, 6.07) is 14.0. The van der Waals surface area contributed by atoms with Gasteiger partial charge in [0, 0.05) is 11.1 Å². The standard InChI is InChI=1S/C16H16ClNO/c1-10-8-12-4-7-14(19)9-15(12)16(18-10)11-2-5-13(17)6-3-11/h2-7,9-10,16,18-19H,8H2,1H3. The molecule has 2 nitrogen and oxygen atoms in total. The Hall–Kier alpha value is -1.51. The van der Waals surface area contributed by atoms with E-state index in [4.69, 9.17) is 11.6 Å². The van der Waals surface area contributed by atoms with Crippen molar-refractivity contribution in [1.82, 2.24) is 5.32 Å². The van der Waals surface area contributed by atoms with Gasteiger partial charge in [-0.25, -0.2) is 0 Å². The molecular formula is C16H16ClNO. The van der Waals surface area contributed by atoms with Crippen molar-refractivity contribution >= 4 is 11.6 Å². The summed E-state index contributed by atoms with van der Waals surface area (Å²) in [4.78, 5) is 0. The Kier molecular flexibility index (Phi) is 3.21. The maximum absolute atomic E-state index is 9.71. The number of hydrogen-bond acceptors (Lipinski definition) is 2. The molecule has 0 aromatic heterocycles. The predicted octanol–water partition coefficient (Wildman–Crippen LogP) is 3.67. The van der Waals surface area contributed by atoms with Crippen LogP contribution in [-0.2, 0) is 6.42 Å². The fraction of sp³-hybridized carbons (Fsp3) is 0.250. The fourth-order valence-electron chi connectivity index (χ4n) is 2.73. The first-order valence-electron chi connectivity index (χ1n) is 6.47. The van der Waals surface area contributed by atoms with E-state index in [-0.39, 0.29) is 6.04 Å². The number of phenols is 1. The minimum Gasteiger partial charge on any atom is -0.508 e. The first kappa shape index (κ1) is 12.5. The van der Waals surface area contributed by atoms with Crippen molar-refractivity contribution in [1.29, 1.82) is 0 Å². The summed E-state index contributed by atoms with van der Waals surface area (Å²) in [5.74, 6) is 0.314. The van der Waals surface area contributed by atoms with E-state index < -0.39 is 0 Å². The van der Waals surface area contributed by atoms with Gasteiger partial charge in [0.15, 0.2) is 0 Å². The van der Waals surface area contributed by atoms with Gasteiger partial charge in [-0.15, -0.1) is 0 Å². The van der Waals surface area contributed by atoms with Crippen LogP contribution in [0.25, 0.3) is 0 Å². The van der Waals surface area contributed by atoms with Gasteiger partial charge in [-0.2, -0.15) is 0 Å². The molecular weight excluding hydrogens is 258 g/mol. The SMILES string of the molecule is CC1Cc2ccc(O)cc2C(c2ccc(Cl)cc2)N1. The molecule has 3 rings (SSSR count). The smallest absolute Gasteiger partial charge is 0.115 e. The molecule has 2 unspecified atom stereocenters. The molecule has 19 heavy (non-hydrogen) atoms. The summed E-state index contributed by atoms with van der Waals surface area (Å²) in [6.45, 7) is 2.18. The summed E-state index contributed by atoms with van der Waals surface area (Å²) in [6.07, 6.45) is 0.986. The topological polar surface area (TPSA) is 32.3 Å². The Labute approximate surface area is 118 Å². The number of halogens is 1. The summed E-state index contributed by atoms with van der Waals surface area (Å²) in [5, 5.41) is 14.0. The highest BCUT2D eigenvalue weighted by atomic mass is 35.5. The highest BCUT2D eigenvalue weighted by molar-refractivity contribution is 6.30. The van der Waals surface area contributed by atoms with Crippen LogP contribution in [0.15, 0.2) is 42.5 Å². The minimum atomic E-state index is 0.114. The van der Waals surface area contributed by atoms with Gasteiger partial charge in [0.25, 0.3) is 0 Å². The molecule has 2 N–H and O–H groups in total. The number of fused-ring (bicyclic) bond motifs is 1. The third-order valence-corrected chi connectivity index (χ3v) is 3.87. The molecule has 1 aliphatic heterocycles. The van der Waals surface area contributed by atoms with Gasteiger partial charge in [0.1, 0.15) is 5.75 Å². The molecule has 3 heteroatoms. The zero-order chi connectivity index (χ0) is 13.4. The van der Waals surface area contributed by atoms with Crippen molar-refractivity contribution in [2.75, 3.05) is 0 Å². The summed E-state index contributed by atoms with van der Waals surface area (Å²) in [5.41, 5.74) is 3.62. The Morgan fingerprint density at radius 2 is 1.89 bits per heavy atom. The number of hydrogen-bond donors (Lipinski definition) is 2. The lowest BCUT2D eigenvalue weighted by atomic mass is 9.87. The molecule has 2 aromatic carbocycles. The average Bonchev–Trinajstić information content (AvgIpc) is 2.39. The van der Waals surface area contributed by atoms with E-state index in [1.165, 1.54) is 11.1 Å². The van der Waals surface area contributed by atoms with Crippen molar-refractivity contribution in [2.45, 2.75) is 25.4 Å². The predicted molar refractivity (Wildman–Crippen MR) is 77.7 cm³/mol. The van der Waals surface area contributed by atoms with Gasteiger partial charge in [-0.3, -0.25) is 0 Å². The second-order valence-electron chi connectivity index (χ2n) is 5.14. The lowest BCUT2D eigenvalue weighted by molar-refractivity contribution is 0.450. The van der Waals surface area contributed by atoms with Crippen molar-refractivity contribution in [3.05, 3.63) is 64.2 Å². The van der Waals surface area contributed by atoms with Gasteiger partial charge in [-0.1, -0.05) is 29.8 Å². The van der Waals surface area contributed by atoms with Crippen LogP contribution >= 0.6 is 11.6 Å². The summed E-state index contributed by atoms with van der Waals surface area (Å²) in [7, 11) is 0. The molecule has 1 heterocycles. The maximum atomic E-state index is 9.71. The third kappa shape index (κ3) is 2.46. The van der Waals surface area contributed by atoms with E-state index in [0.717, 1.165) is 17.0 Å². The molecule has 2 atom stereocenters. The van der Waals surface area contributed by atoms with Crippen molar-refractivity contribution in [3.63, 3.8) is 0 Å². The monoisotopic (exact) mass is 273 g/mol. The number of nitrogens with one attached hydrogen (secondary N) is 1. The molecule has 0 saturated carbocycles. The van der Waals surface area contributed by atoms with Crippen LogP contribution in [-0.4, -0.2) is 11.1 Å². The van der Waals surface area contributed by atoms with Crippen LogP contribution in [0.2, 0.25) is 5.02 Å². The van der Waals surface area contributed by atoms with Crippen molar-refractivity contribution in [3.8, 4) is 5.75 Å². The number of aromatic hydroxyl groups is 1. The molecule has 0 saturated heterocycles. The Balaban J connectivity index is 2.07. The van der Waals surface area contributed by atoms with Crippen LogP contribution in [0.1, 0.15) is 29.7 Å². The number of rotatable bonds is 1. The lowest BCUT2D eigenvalue weighted by Crippen LogP contribution is -2.37. The second kappa shape index (κ2) is 4.87. The van der Waals surface area contributed by atoms with Gasteiger partial charge in [-0.05, 0) is 54.3 Å². The second-order valence-corrected chi connectivity index (χ2v) is 5.58. The number of benzene rings is 2. The first-order valence-corrected chi connectivity index (χ1v) is 6.84. The summed E-state index contributed by atoms with van der Waals surface area (Å²) < 4.78 is 0. The Morgan fingerprint density at radius 3 is 2.63 bits per heavy atom. The lowest BCUT2D eigenvalue weighted by Gasteiger charge is -2.32. The van der Waals surface area contributed by atoms with Gasteiger partial charge in [0.2, 0.25) is 0 Å². The van der Waals surface area contributed by atoms with Crippen LogP contribution < -0.4 is 5.32 Å². The minimum absolute atomic E-state index is 0.114. The summed E-state index contributed by atoms with van der Waals surface area (Å²) >= 11 is 5.94. The highest BCUT2D eigenvalue weighted by Gasteiger charge is 2.25. The van der Waals surface area contributed by atoms with Gasteiger partial charge in [0.05, 0.1) is 6.04 Å². The molecule has 2 aromatic rings. The van der Waals surface area contributed by atoms with E-state index in [1.54, 1.807) is 6.07 Å². The molecule has 0 fully saturated rings. The molecule has 0 bridgehead atoms. The van der Waals surface area contributed by atoms with Crippen LogP contribution in [0.3, 0.4) is 0 Å². The zero-order valence-electron chi connectivity index (χ0n) is 10.7. The number of phenolic OH excluding ortho intramolecular Hbond substituents is 1. The maximum Gasteiger partial charge on any atom is 0.115 e. The van der Waals surface area contributed by atoms with E-state index in [9.17, 15) is 5.11 Å². The van der Waals surface area contributed by atoms with E-state index >= 15 is 0 Å². The van der Waals surface area contributed by atoms with Gasteiger partial charge >= 0.3 is 0 Å². The first-order chi connectivity index (χ1) is 9.13. The van der Waals surface area contributed by atoms with Crippen LogP contribution in [0.5, 0.6) is 5.75 Å². The molecule has 98 valence electrons. The molecule has 0 radical (unpaired) electrons. The Bertz CT molecular complexity index is 594. The van der Waals surface area contributed by atoms with E-state index in [0.29, 0.717) is 11.8 Å². The van der Waals surface area contributed by atoms with E-state index in [1.807, 2.05) is 36.4 Å². The fourth-order valence-corrected chi connectivity index (χ4v) is 2.86. The molecule has 0 amide bonds. The van der Waals surface area contributed by atoms with Gasteiger partial charge < -0.3 is 10.4 Å². The molecule has 0 aliphatic carbocycles. The quantitative estimate of drug-likeness (QED) is 0.831. The molecule has 0 spiro atoms. The highest BCUT2D eigenvalue weighted by Crippen LogP contribution is 2.33. The van der Waals surface area contributed by atoms with E-state index in [2.05, 4.69) is 12.2 Å². The van der Waals surface area contributed by atoms with Crippen molar-refractivity contribution < 1.29 is 5.11 Å². The average molecular weight is 274 g/mol. The molecule has 1 aliphatic rings. The normalized spacial score (nSPS) is 22.0. The zero-order valence-corrected chi connectivity index (χ0v) is 11.5. The largest absolute Gasteiger partial charge is 0.508 e. The van der Waals surface area contributed by atoms with Crippen LogP contribution in [0, 0.1) is 0 Å². The van der Waals surface area contributed by atoms with Crippen LogP contribution in [0.4, 0.5) is 0 Å². The third-order valence-electron chi connectivity index (χ3n) is 3.62.